The summed E-state index contributed by atoms with van der Waals surface area (Å²) in [7, 11) is 2.87. The first-order valence-corrected chi connectivity index (χ1v) is 11.2. The summed E-state index contributed by atoms with van der Waals surface area (Å²) >= 11 is 0. The van der Waals surface area contributed by atoms with E-state index >= 15 is 0 Å². The standard InChI is InChI=1S/C21H20O6.C6H13NO2/c1-26-20-11-14(5-9-18(20)24)3-7-16(22)13-17(23)8-4-15-6-10-19(25)21(12-15)27-2;1-3-4(2)5(7)6(8)9/h3-12,24-25H,13H2,1-2H3;4-5H,3,7H2,1-2H3,(H,8,9)/b7-3+,8-4+;. The number of allylic oxidation sites excluding steroid dienone is 2. The number of carboxylic acid groups (broad SMARTS) is 1. The van der Waals surface area contributed by atoms with E-state index in [2.05, 4.69) is 0 Å². The SMILES string of the molecule is CCC(C)C(N)C(=O)O.COc1cc(/C=C/C(=O)CC(=O)/C=C/c2ccc(O)c(OC)c2)ccc1O. The molecule has 0 heterocycles. The minimum atomic E-state index is -0.913. The number of hydrogen-bond donors (Lipinski definition) is 4. The number of aliphatic carboxylic acids is 1. The number of ether oxygens (including phenoxy) is 2. The van der Waals surface area contributed by atoms with Gasteiger partial charge in [-0.15, -0.1) is 0 Å². The van der Waals surface area contributed by atoms with Crippen LogP contribution in [-0.2, 0) is 14.4 Å². The Balaban J connectivity index is 0.000000613. The molecular formula is C27H33NO8. The van der Waals surface area contributed by atoms with E-state index in [9.17, 15) is 24.6 Å². The molecule has 9 heteroatoms. The molecule has 2 aromatic rings. The van der Waals surface area contributed by atoms with Gasteiger partial charge in [0.1, 0.15) is 6.04 Å². The van der Waals surface area contributed by atoms with Crippen molar-refractivity contribution in [3.8, 4) is 23.0 Å². The van der Waals surface area contributed by atoms with Crippen molar-refractivity contribution in [2.75, 3.05) is 14.2 Å². The van der Waals surface area contributed by atoms with Crippen LogP contribution in [0.2, 0.25) is 0 Å². The summed E-state index contributed by atoms with van der Waals surface area (Å²) in [4.78, 5) is 34.0. The zero-order valence-corrected chi connectivity index (χ0v) is 20.8. The molecular weight excluding hydrogens is 466 g/mol. The number of methoxy groups -OCH3 is 2. The van der Waals surface area contributed by atoms with E-state index in [1.54, 1.807) is 36.4 Å². The van der Waals surface area contributed by atoms with Crippen molar-refractivity contribution in [3.05, 3.63) is 59.7 Å². The van der Waals surface area contributed by atoms with Crippen LogP contribution in [0.1, 0.15) is 37.8 Å². The predicted octanol–water partition coefficient (Wildman–Crippen LogP) is 3.81. The molecule has 0 saturated heterocycles. The van der Waals surface area contributed by atoms with Crippen LogP contribution < -0.4 is 15.2 Å². The maximum Gasteiger partial charge on any atom is 0.320 e. The van der Waals surface area contributed by atoms with Crippen LogP contribution in [0.15, 0.2) is 48.6 Å². The molecule has 0 fully saturated rings. The lowest BCUT2D eigenvalue weighted by atomic mass is 10.0. The molecule has 0 saturated carbocycles. The Bertz CT molecular complexity index is 1030. The molecule has 0 aliphatic rings. The normalized spacial score (nSPS) is 12.5. The van der Waals surface area contributed by atoms with Crippen molar-refractivity contribution in [3.63, 3.8) is 0 Å². The number of carboxylic acids is 1. The van der Waals surface area contributed by atoms with Gasteiger partial charge in [0.2, 0.25) is 0 Å². The van der Waals surface area contributed by atoms with E-state index in [1.807, 2.05) is 13.8 Å². The second-order valence-corrected chi connectivity index (χ2v) is 7.89. The zero-order valence-electron chi connectivity index (χ0n) is 20.8. The molecule has 9 nitrogen and oxygen atoms in total. The molecule has 2 atom stereocenters. The van der Waals surface area contributed by atoms with Crippen LogP contribution in [0.25, 0.3) is 12.2 Å². The third-order valence-electron chi connectivity index (χ3n) is 5.22. The molecule has 0 amide bonds. The van der Waals surface area contributed by atoms with Gasteiger partial charge < -0.3 is 30.5 Å². The molecule has 36 heavy (non-hydrogen) atoms. The summed E-state index contributed by atoms with van der Waals surface area (Å²) in [5.74, 6) is -0.924. The molecule has 2 aromatic carbocycles. The maximum atomic E-state index is 11.9. The smallest absolute Gasteiger partial charge is 0.320 e. The molecule has 0 spiro atoms. The molecule has 0 aromatic heterocycles. The van der Waals surface area contributed by atoms with Crippen LogP contribution in [0.3, 0.4) is 0 Å². The number of carbonyl (C=O) groups excluding carboxylic acids is 2. The van der Waals surface area contributed by atoms with Crippen LogP contribution >= 0.6 is 0 Å². The third kappa shape index (κ3) is 10.0. The lowest BCUT2D eigenvalue weighted by Crippen LogP contribution is -2.36. The molecule has 0 aliphatic heterocycles. The molecule has 194 valence electrons. The molecule has 2 unspecified atom stereocenters. The minimum absolute atomic E-state index is 0.00662. The maximum absolute atomic E-state index is 11.9. The summed E-state index contributed by atoms with van der Waals surface area (Å²) < 4.78 is 10.00. The Kier molecular flexibility index (Phi) is 12.5. The summed E-state index contributed by atoms with van der Waals surface area (Å²) in [6.45, 7) is 3.76. The van der Waals surface area contributed by atoms with Gasteiger partial charge in [0.25, 0.3) is 0 Å². The molecule has 0 aliphatic carbocycles. The highest BCUT2D eigenvalue weighted by atomic mass is 16.5. The summed E-state index contributed by atoms with van der Waals surface area (Å²) in [5.41, 5.74) is 6.60. The summed E-state index contributed by atoms with van der Waals surface area (Å²) in [6, 6.07) is 8.64. The highest BCUT2D eigenvalue weighted by molar-refractivity contribution is 6.10. The van der Waals surface area contributed by atoms with Crippen molar-refractivity contribution in [2.45, 2.75) is 32.7 Å². The Morgan fingerprint density at radius 2 is 1.31 bits per heavy atom. The molecule has 0 radical (unpaired) electrons. The number of benzene rings is 2. The van der Waals surface area contributed by atoms with Gasteiger partial charge in [-0.2, -0.15) is 0 Å². The lowest BCUT2D eigenvalue weighted by molar-refractivity contribution is -0.139. The van der Waals surface area contributed by atoms with E-state index in [1.165, 1.54) is 38.5 Å². The van der Waals surface area contributed by atoms with Crippen molar-refractivity contribution in [1.29, 1.82) is 0 Å². The van der Waals surface area contributed by atoms with Crippen LogP contribution in [0.4, 0.5) is 0 Å². The predicted molar refractivity (Wildman–Crippen MR) is 137 cm³/mol. The van der Waals surface area contributed by atoms with Gasteiger partial charge in [0.05, 0.1) is 20.6 Å². The second kappa shape index (κ2) is 15.0. The number of hydrogen-bond acceptors (Lipinski definition) is 8. The minimum Gasteiger partial charge on any atom is -0.504 e. The van der Waals surface area contributed by atoms with Gasteiger partial charge in [-0.1, -0.05) is 44.6 Å². The summed E-state index contributed by atoms with van der Waals surface area (Å²) in [5, 5.41) is 27.4. The first kappa shape index (κ1) is 29.9. The summed E-state index contributed by atoms with van der Waals surface area (Å²) in [6.07, 6.45) is 6.26. The number of phenolic OH excluding ortho intramolecular Hbond substituents is 2. The van der Waals surface area contributed by atoms with Crippen LogP contribution in [0, 0.1) is 5.92 Å². The van der Waals surface area contributed by atoms with Gasteiger partial charge in [-0.3, -0.25) is 14.4 Å². The van der Waals surface area contributed by atoms with Crippen LogP contribution in [-0.4, -0.2) is 53.1 Å². The van der Waals surface area contributed by atoms with Gasteiger partial charge >= 0.3 is 5.97 Å². The highest BCUT2D eigenvalue weighted by Gasteiger charge is 2.17. The van der Waals surface area contributed by atoms with Crippen molar-refractivity contribution in [2.24, 2.45) is 11.7 Å². The fourth-order valence-corrected chi connectivity index (χ4v) is 2.76. The molecule has 5 N–H and O–H groups in total. The average Bonchev–Trinajstić information content (AvgIpc) is 2.87. The number of phenols is 2. The number of carbonyl (C=O) groups is 3. The topological polar surface area (TPSA) is 156 Å². The Labute approximate surface area is 210 Å². The fourth-order valence-electron chi connectivity index (χ4n) is 2.76. The van der Waals surface area contributed by atoms with Gasteiger partial charge in [0.15, 0.2) is 34.6 Å². The van der Waals surface area contributed by atoms with Gasteiger partial charge in [-0.25, -0.2) is 0 Å². The number of rotatable bonds is 11. The van der Waals surface area contributed by atoms with Crippen molar-refractivity contribution >= 4 is 29.7 Å². The van der Waals surface area contributed by atoms with E-state index < -0.39 is 12.0 Å². The quantitative estimate of drug-likeness (QED) is 0.266. The molecule has 2 rings (SSSR count). The van der Waals surface area contributed by atoms with E-state index in [4.69, 9.17) is 20.3 Å². The van der Waals surface area contributed by atoms with Crippen molar-refractivity contribution in [1.82, 2.24) is 0 Å². The third-order valence-corrected chi connectivity index (χ3v) is 5.22. The second-order valence-electron chi connectivity index (χ2n) is 7.89. The number of nitrogens with two attached hydrogens (primary N) is 1. The lowest BCUT2D eigenvalue weighted by Gasteiger charge is -2.11. The zero-order chi connectivity index (χ0) is 27.3. The van der Waals surface area contributed by atoms with Gasteiger partial charge in [0, 0.05) is 0 Å². The van der Waals surface area contributed by atoms with E-state index in [0.717, 1.165) is 6.42 Å². The fraction of sp³-hybridized carbons (Fsp3) is 0.296. The largest absolute Gasteiger partial charge is 0.504 e. The first-order chi connectivity index (χ1) is 17.0. The van der Waals surface area contributed by atoms with Crippen molar-refractivity contribution < 1.29 is 39.2 Å². The average molecular weight is 500 g/mol. The van der Waals surface area contributed by atoms with E-state index in [0.29, 0.717) is 22.6 Å². The van der Waals surface area contributed by atoms with Crippen LogP contribution in [0.5, 0.6) is 23.0 Å². The number of ketones is 2. The Morgan fingerprint density at radius 1 is 0.889 bits per heavy atom. The first-order valence-electron chi connectivity index (χ1n) is 11.2. The van der Waals surface area contributed by atoms with E-state index in [-0.39, 0.29) is 35.4 Å². The highest BCUT2D eigenvalue weighted by Crippen LogP contribution is 2.27. The Hall–Kier alpha value is -4.11. The Morgan fingerprint density at radius 3 is 1.61 bits per heavy atom. The van der Waals surface area contributed by atoms with Gasteiger partial charge in [-0.05, 0) is 53.5 Å². The molecule has 0 bridgehead atoms. The number of aromatic hydroxyl groups is 2. The monoisotopic (exact) mass is 499 g/mol.